The summed E-state index contributed by atoms with van der Waals surface area (Å²) < 4.78 is 40.2. The molecule has 0 fully saturated rings. The molecule has 2 N–H and O–H groups in total. The standard InChI is InChI=1S/C14H14FNO3S/c1-10-6-7-12(8-13(10)15)16-20(18,19)14-5-3-2-4-11(14)9-17/h2-8,16-17H,9H2,1H3. The highest BCUT2D eigenvalue weighted by Crippen LogP contribution is 2.21. The first-order valence-corrected chi connectivity index (χ1v) is 7.40. The van der Waals surface area contributed by atoms with Gasteiger partial charge < -0.3 is 5.11 Å². The Morgan fingerprint density at radius 1 is 1.20 bits per heavy atom. The first kappa shape index (κ1) is 14.5. The van der Waals surface area contributed by atoms with Gasteiger partial charge in [0.15, 0.2) is 0 Å². The van der Waals surface area contributed by atoms with Gasteiger partial charge >= 0.3 is 0 Å². The Kier molecular flexibility index (Phi) is 4.06. The molecule has 0 atom stereocenters. The molecule has 4 nitrogen and oxygen atoms in total. The van der Waals surface area contributed by atoms with Crippen molar-refractivity contribution in [2.45, 2.75) is 18.4 Å². The van der Waals surface area contributed by atoms with Gasteiger partial charge in [-0.25, -0.2) is 12.8 Å². The van der Waals surface area contributed by atoms with Crippen molar-refractivity contribution in [3.63, 3.8) is 0 Å². The number of rotatable bonds is 4. The zero-order valence-corrected chi connectivity index (χ0v) is 11.6. The quantitative estimate of drug-likeness (QED) is 0.910. The number of hydrogen-bond donors (Lipinski definition) is 2. The smallest absolute Gasteiger partial charge is 0.262 e. The second-order valence-corrected chi connectivity index (χ2v) is 5.99. The zero-order chi connectivity index (χ0) is 14.8. The Labute approximate surface area is 116 Å². The molecule has 0 unspecified atom stereocenters. The van der Waals surface area contributed by atoms with Crippen LogP contribution < -0.4 is 4.72 Å². The average Bonchev–Trinajstić information content (AvgIpc) is 2.42. The Morgan fingerprint density at radius 2 is 1.90 bits per heavy atom. The molecule has 0 aliphatic rings. The SMILES string of the molecule is Cc1ccc(NS(=O)(=O)c2ccccc2CO)cc1F. The van der Waals surface area contributed by atoms with Crippen LogP contribution in [0.5, 0.6) is 0 Å². The molecule has 0 spiro atoms. The van der Waals surface area contributed by atoms with Crippen LogP contribution in [-0.2, 0) is 16.6 Å². The molecule has 0 saturated heterocycles. The average molecular weight is 295 g/mol. The van der Waals surface area contributed by atoms with Gasteiger partial charge in [-0.05, 0) is 36.2 Å². The van der Waals surface area contributed by atoms with Gasteiger partial charge in [0.1, 0.15) is 5.82 Å². The van der Waals surface area contributed by atoms with Gasteiger partial charge in [0, 0.05) is 0 Å². The fourth-order valence-electron chi connectivity index (χ4n) is 1.76. The van der Waals surface area contributed by atoms with E-state index in [1.54, 1.807) is 19.1 Å². The largest absolute Gasteiger partial charge is 0.392 e. The minimum Gasteiger partial charge on any atom is -0.392 e. The molecule has 0 aliphatic carbocycles. The summed E-state index contributed by atoms with van der Waals surface area (Å²) in [4.78, 5) is -0.0246. The minimum absolute atomic E-state index is 0.0246. The second kappa shape index (κ2) is 5.60. The van der Waals surface area contributed by atoms with E-state index in [1.807, 2.05) is 0 Å². The van der Waals surface area contributed by atoms with E-state index in [2.05, 4.69) is 4.72 Å². The molecular formula is C14H14FNO3S. The maximum Gasteiger partial charge on any atom is 0.262 e. The van der Waals surface area contributed by atoms with Crippen LogP contribution in [0.15, 0.2) is 47.4 Å². The fourth-order valence-corrected chi connectivity index (χ4v) is 3.05. The van der Waals surface area contributed by atoms with Crippen LogP contribution in [0.3, 0.4) is 0 Å². The van der Waals surface area contributed by atoms with Gasteiger partial charge in [-0.15, -0.1) is 0 Å². The molecule has 0 amide bonds. The summed E-state index contributed by atoms with van der Waals surface area (Å²) in [5.41, 5.74) is 0.858. The molecule has 106 valence electrons. The van der Waals surface area contributed by atoms with E-state index in [0.29, 0.717) is 5.56 Å². The highest BCUT2D eigenvalue weighted by atomic mass is 32.2. The predicted molar refractivity (Wildman–Crippen MR) is 74.3 cm³/mol. The number of anilines is 1. The summed E-state index contributed by atoms with van der Waals surface area (Å²) in [5.74, 6) is -0.486. The summed E-state index contributed by atoms with van der Waals surface area (Å²) in [5, 5.41) is 9.18. The molecule has 0 saturated carbocycles. The molecule has 0 aromatic heterocycles. The van der Waals surface area contributed by atoms with E-state index in [1.165, 1.54) is 24.3 Å². The van der Waals surface area contributed by atoms with Crippen LogP contribution in [0.2, 0.25) is 0 Å². The second-order valence-electron chi connectivity index (χ2n) is 4.34. The Balaban J connectivity index is 2.38. The molecule has 2 aromatic rings. The van der Waals surface area contributed by atoms with Crippen LogP contribution >= 0.6 is 0 Å². The fraction of sp³-hybridized carbons (Fsp3) is 0.143. The number of aliphatic hydroxyl groups is 1. The third kappa shape index (κ3) is 2.97. The van der Waals surface area contributed by atoms with Crippen LogP contribution in [0, 0.1) is 12.7 Å². The number of halogens is 1. The molecule has 2 aromatic carbocycles. The molecule has 6 heteroatoms. The van der Waals surface area contributed by atoms with Crippen molar-refractivity contribution in [3.8, 4) is 0 Å². The maximum atomic E-state index is 13.4. The van der Waals surface area contributed by atoms with Gasteiger partial charge in [-0.1, -0.05) is 24.3 Å². The lowest BCUT2D eigenvalue weighted by atomic mass is 10.2. The number of sulfonamides is 1. The first-order chi connectivity index (χ1) is 9.44. The van der Waals surface area contributed by atoms with E-state index in [9.17, 15) is 17.9 Å². The highest BCUT2D eigenvalue weighted by molar-refractivity contribution is 7.92. The maximum absolute atomic E-state index is 13.4. The van der Waals surface area contributed by atoms with Crippen LogP contribution in [0.25, 0.3) is 0 Å². The van der Waals surface area contributed by atoms with Crippen LogP contribution in [0.1, 0.15) is 11.1 Å². The first-order valence-electron chi connectivity index (χ1n) is 5.92. The van der Waals surface area contributed by atoms with E-state index < -0.39 is 15.8 Å². The topological polar surface area (TPSA) is 66.4 Å². The normalized spacial score (nSPS) is 11.3. The summed E-state index contributed by atoms with van der Waals surface area (Å²) in [6, 6.07) is 10.2. The third-order valence-corrected chi connectivity index (χ3v) is 4.34. The minimum atomic E-state index is -3.86. The monoisotopic (exact) mass is 295 g/mol. The molecule has 20 heavy (non-hydrogen) atoms. The zero-order valence-electron chi connectivity index (χ0n) is 10.8. The number of benzene rings is 2. The van der Waals surface area contributed by atoms with Gasteiger partial charge in [-0.3, -0.25) is 4.72 Å². The van der Waals surface area contributed by atoms with E-state index in [4.69, 9.17) is 0 Å². The van der Waals surface area contributed by atoms with Crippen molar-refractivity contribution in [2.75, 3.05) is 4.72 Å². The Hall–Kier alpha value is -1.92. The van der Waals surface area contributed by atoms with E-state index in [0.717, 1.165) is 6.07 Å². The van der Waals surface area contributed by atoms with Crippen molar-refractivity contribution in [1.29, 1.82) is 0 Å². The number of aryl methyl sites for hydroxylation is 1. The summed E-state index contributed by atoms with van der Waals surface area (Å²) >= 11 is 0. The lowest BCUT2D eigenvalue weighted by molar-refractivity contribution is 0.278. The number of nitrogens with one attached hydrogen (secondary N) is 1. The van der Waals surface area contributed by atoms with Gasteiger partial charge in [0.2, 0.25) is 0 Å². The number of hydrogen-bond acceptors (Lipinski definition) is 3. The summed E-state index contributed by atoms with van der Waals surface area (Å²) in [6.45, 7) is 1.20. The van der Waals surface area contributed by atoms with Crippen molar-refractivity contribution in [2.24, 2.45) is 0 Å². The van der Waals surface area contributed by atoms with Crippen LogP contribution in [0.4, 0.5) is 10.1 Å². The van der Waals surface area contributed by atoms with Crippen molar-refractivity contribution < 1.29 is 17.9 Å². The third-order valence-electron chi connectivity index (χ3n) is 2.86. The van der Waals surface area contributed by atoms with Crippen LogP contribution in [-0.4, -0.2) is 13.5 Å². The molecule has 2 rings (SSSR count). The summed E-state index contributed by atoms with van der Waals surface area (Å²) in [7, 11) is -3.86. The van der Waals surface area contributed by atoms with Crippen molar-refractivity contribution >= 4 is 15.7 Å². The molecular weight excluding hydrogens is 281 g/mol. The Morgan fingerprint density at radius 3 is 2.55 bits per heavy atom. The van der Waals surface area contributed by atoms with Gasteiger partial charge in [-0.2, -0.15) is 0 Å². The van der Waals surface area contributed by atoms with E-state index in [-0.39, 0.29) is 22.8 Å². The molecule has 0 radical (unpaired) electrons. The van der Waals surface area contributed by atoms with Crippen molar-refractivity contribution in [3.05, 3.63) is 59.4 Å². The lowest BCUT2D eigenvalue weighted by Crippen LogP contribution is -2.15. The summed E-state index contributed by atoms with van der Waals surface area (Å²) in [6.07, 6.45) is 0. The Bertz CT molecular complexity index is 729. The lowest BCUT2D eigenvalue weighted by Gasteiger charge is -2.11. The van der Waals surface area contributed by atoms with Gasteiger partial charge in [0.05, 0.1) is 17.2 Å². The molecule has 0 bridgehead atoms. The highest BCUT2D eigenvalue weighted by Gasteiger charge is 2.18. The van der Waals surface area contributed by atoms with Crippen molar-refractivity contribution in [1.82, 2.24) is 0 Å². The van der Waals surface area contributed by atoms with E-state index >= 15 is 0 Å². The predicted octanol–water partition coefficient (Wildman–Crippen LogP) is 2.43. The molecule has 0 aliphatic heterocycles. The number of aliphatic hydroxyl groups excluding tert-OH is 1. The molecule has 0 heterocycles. The van der Waals surface area contributed by atoms with Gasteiger partial charge in [0.25, 0.3) is 10.0 Å².